The van der Waals surface area contributed by atoms with Gasteiger partial charge in [-0.05, 0) is 41.8 Å². The Morgan fingerprint density at radius 2 is 1.80 bits per heavy atom. The van der Waals surface area contributed by atoms with E-state index in [1.807, 2.05) is 31.2 Å². The Morgan fingerprint density at radius 1 is 1.05 bits per heavy atom. The zero-order valence-electron chi connectivity index (χ0n) is 11.1. The number of rotatable bonds is 5. The molecule has 0 bridgehead atoms. The van der Waals surface area contributed by atoms with Gasteiger partial charge in [-0.1, -0.05) is 25.1 Å². The lowest BCUT2D eigenvalue weighted by atomic mass is 10.0. The number of benzene rings is 2. The van der Waals surface area contributed by atoms with Crippen LogP contribution in [0, 0.1) is 11.6 Å². The van der Waals surface area contributed by atoms with Crippen LogP contribution in [-0.4, -0.2) is 6.61 Å². The Balaban J connectivity index is 2.23. The van der Waals surface area contributed by atoms with Gasteiger partial charge >= 0.3 is 0 Å². The first-order valence-electron chi connectivity index (χ1n) is 6.43. The molecule has 2 rings (SSSR count). The Kier molecular flexibility index (Phi) is 4.96. The van der Waals surface area contributed by atoms with Crippen LogP contribution in [0.25, 0.3) is 0 Å². The first-order chi connectivity index (χ1) is 9.61. The molecule has 4 heteroatoms. The lowest BCUT2D eigenvalue weighted by Crippen LogP contribution is -1.98. The van der Waals surface area contributed by atoms with Crippen LogP contribution in [0.3, 0.4) is 0 Å². The van der Waals surface area contributed by atoms with Crippen molar-refractivity contribution in [1.29, 1.82) is 0 Å². The number of hydrogen-bond acceptors (Lipinski definition) is 1. The predicted molar refractivity (Wildman–Crippen MR) is 76.3 cm³/mol. The first-order valence-corrected chi connectivity index (χ1v) is 6.87. The first kappa shape index (κ1) is 14.8. The van der Waals surface area contributed by atoms with E-state index >= 15 is 0 Å². The van der Waals surface area contributed by atoms with Gasteiger partial charge in [-0.25, -0.2) is 8.78 Å². The highest BCUT2D eigenvalue weighted by molar-refractivity contribution is 6.22. The van der Waals surface area contributed by atoms with E-state index in [2.05, 4.69) is 0 Å². The fourth-order valence-electron chi connectivity index (χ4n) is 1.84. The van der Waals surface area contributed by atoms with Gasteiger partial charge in [0.05, 0.1) is 12.0 Å². The summed E-state index contributed by atoms with van der Waals surface area (Å²) < 4.78 is 31.7. The van der Waals surface area contributed by atoms with Crippen molar-refractivity contribution in [3.05, 3.63) is 65.2 Å². The average molecular weight is 297 g/mol. The van der Waals surface area contributed by atoms with E-state index in [1.54, 1.807) is 0 Å². The molecule has 20 heavy (non-hydrogen) atoms. The molecule has 0 amide bonds. The van der Waals surface area contributed by atoms with Crippen LogP contribution in [0.5, 0.6) is 5.75 Å². The topological polar surface area (TPSA) is 9.23 Å². The van der Waals surface area contributed by atoms with Gasteiger partial charge in [0.1, 0.15) is 5.75 Å². The molecule has 0 saturated heterocycles. The summed E-state index contributed by atoms with van der Waals surface area (Å²) in [6.07, 6.45) is 0.914. The smallest absolute Gasteiger partial charge is 0.159 e. The van der Waals surface area contributed by atoms with Crippen LogP contribution in [-0.2, 0) is 0 Å². The molecule has 2 aromatic carbocycles. The second-order valence-electron chi connectivity index (χ2n) is 4.46. The minimum absolute atomic E-state index is 0.512. The van der Waals surface area contributed by atoms with Gasteiger partial charge < -0.3 is 4.74 Å². The Labute approximate surface area is 122 Å². The third kappa shape index (κ3) is 3.48. The molecule has 0 N–H and O–H groups in total. The molecule has 0 aliphatic rings. The SMILES string of the molecule is CCCOc1cccc(C(Cl)c2ccc(F)c(F)c2)c1. The summed E-state index contributed by atoms with van der Waals surface area (Å²) in [4.78, 5) is 0. The minimum atomic E-state index is -0.897. The van der Waals surface area contributed by atoms with E-state index in [-0.39, 0.29) is 0 Å². The summed E-state index contributed by atoms with van der Waals surface area (Å²) in [5, 5.41) is -0.546. The zero-order valence-corrected chi connectivity index (χ0v) is 11.8. The van der Waals surface area contributed by atoms with Crippen LogP contribution < -0.4 is 4.74 Å². The summed E-state index contributed by atoms with van der Waals surface area (Å²) in [7, 11) is 0. The molecular formula is C16H15ClF2O. The summed E-state index contributed by atoms with van der Waals surface area (Å²) in [5.41, 5.74) is 1.30. The monoisotopic (exact) mass is 296 g/mol. The lowest BCUT2D eigenvalue weighted by molar-refractivity contribution is 0.317. The third-order valence-corrected chi connectivity index (χ3v) is 3.36. The second-order valence-corrected chi connectivity index (χ2v) is 4.89. The Hall–Kier alpha value is -1.61. The van der Waals surface area contributed by atoms with Crippen LogP contribution in [0.2, 0.25) is 0 Å². The molecule has 0 aliphatic heterocycles. The van der Waals surface area contributed by atoms with Crippen molar-refractivity contribution >= 4 is 11.6 Å². The second kappa shape index (κ2) is 6.71. The maximum atomic E-state index is 13.2. The molecule has 106 valence electrons. The average Bonchev–Trinajstić information content (AvgIpc) is 2.47. The van der Waals surface area contributed by atoms with Gasteiger partial charge in [0, 0.05) is 0 Å². The van der Waals surface area contributed by atoms with Crippen molar-refractivity contribution in [1.82, 2.24) is 0 Å². The van der Waals surface area contributed by atoms with Crippen LogP contribution in [0.15, 0.2) is 42.5 Å². The van der Waals surface area contributed by atoms with Crippen molar-refractivity contribution in [2.45, 2.75) is 18.7 Å². The summed E-state index contributed by atoms with van der Waals surface area (Å²) >= 11 is 6.32. The van der Waals surface area contributed by atoms with Crippen molar-refractivity contribution < 1.29 is 13.5 Å². The van der Waals surface area contributed by atoms with Gasteiger partial charge in [0.25, 0.3) is 0 Å². The van der Waals surface area contributed by atoms with Crippen LogP contribution in [0.4, 0.5) is 8.78 Å². The fraction of sp³-hybridized carbons (Fsp3) is 0.250. The van der Waals surface area contributed by atoms with E-state index < -0.39 is 17.0 Å². The molecule has 0 fully saturated rings. The minimum Gasteiger partial charge on any atom is -0.494 e. The largest absolute Gasteiger partial charge is 0.494 e. The van der Waals surface area contributed by atoms with E-state index in [4.69, 9.17) is 16.3 Å². The van der Waals surface area contributed by atoms with Gasteiger partial charge in [-0.15, -0.1) is 11.6 Å². The van der Waals surface area contributed by atoms with Gasteiger partial charge in [0.15, 0.2) is 11.6 Å². The summed E-state index contributed by atoms with van der Waals surface area (Å²) in [6.45, 7) is 2.65. The van der Waals surface area contributed by atoms with Gasteiger partial charge in [-0.3, -0.25) is 0 Å². The standard InChI is InChI=1S/C16H15ClF2O/c1-2-8-20-13-5-3-4-11(9-13)16(17)12-6-7-14(18)15(19)10-12/h3-7,9-10,16H,2,8H2,1H3. The highest BCUT2D eigenvalue weighted by Crippen LogP contribution is 2.31. The number of halogens is 3. The molecule has 1 unspecified atom stereocenters. The summed E-state index contributed by atoms with van der Waals surface area (Å²) in [6, 6.07) is 11.0. The van der Waals surface area contributed by atoms with E-state index in [9.17, 15) is 8.78 Å². The molecule has 0 heterocycles. The molecule has 0 saturated carbocycles. The molecule has 2 aromatic rings. The third-order valence-electron chi connectivity index (χ3n) is 2.86. The maximum Gasteiger partial charge on any atom is 0.159 e. The maximum absolute atomic E-state index is 13.2. The van der Waals surface area contributed by atoms with Gasteiger partial charge in [-0.2, -0.15) is 0 Å². The quantitative estimate of drug-likeness (QED) is 0.699. The number of ether oxygens (including phenoxy) is 1. The molecule has 0 spiro atoms. The Bertz CT molecular complexity index is 586. The normalized spacial score (nSPS) is 12.2. The molecule has 1 atom stereocenters. The molecular weight excluding hydrogens is 282 g/mol. The van der Waals surface area contributed by atoms with Crippen molar-refractivity contribution in [3.63, 3.8) is 0 Å². The molecule has 1 nitrogen and oxygen atoms in total. The van der Waals surface area contributed by atoms with E-state index in [0.29, 0.717) is 12.2 Å². The zero-order chi connectivity index (χ0) is 14.5. The van der Waals surface area contributed by atoms with Gasteiger partial charge in [0.2, 0.25) is 0 Å². The lowest BCUT2D eigenvalue weighted by Gasteiger charge is -2.12. The highest BCUT2D eigenvalue weighted by atomic mass is 35.5. The van der Waals surface area contributed by atoms with Crippen molar-refractivity contribution in [2.24, 2.45) is 0 Å². The molecule has 0 aliphatic carbocycles. The highest BCUT2D eigenvalue weighted by Gasteiger charge is 2.14. The fourth-order valence-corrected chi connectivity index (χ4v) is 2.12. The Morgan fingerprint density at radius 3 is 2.50 bits per heavy atom. The van der Waals surface area contributed by atoms with Crippen molar-refractivity contribution in [2.75, 3.05) is 6.61 Å². The van der Waals surface area contributed by atoms with Crippen molar-refractivity contribution in [3.8, 4) is 5.75 Å². The predicted octanol–water partition coefficient (Wildman–Crippen LogP) is 5.08. The number of alkyl halides is 1. The van der Waals surface area contributed by atoms with E-state index in [1.165, 1.54) is 6.07 Å². The number of hydrogen-bond donors (Lipinski definition) is 0. The molecule has 0 aromatic heterocycles. The van der Waals surface area contributed by atoms with Crippen LogP contribution in [0.1, 0.15) is 29.8 Å². The molecule has 0 radical (unpaired) electrons. The van der Waals surface area contributed by atoms with E-state index in [0.717, 1.165) is 29.9 Å². The summed E-state index contributed by atoms with van der Waals surface area (Å²) in [5.74, 6) is -1.05. The van der Waals surface area contributed by atoms with Crippen LogP contribution >= 0.6 is 11.6 Å².